The second kappa shape index (κ2) is 5.26. The fourth-order valence-corrected chi connectivity index (χ4v) is 4.26. The molecule has 0 aromatic heterocycles. The Morgan fingerprint density at radius 2 is 2.09 bits per heavy atom. The van der Waals surface area contributed by atoms with Crippen LogP contribution in [0.25, 0.3) is 5.53 Å². The van der Waals surface area contributed by atoms with Gasteiger partial charge < -0.3 is 10.3 Å². The van der Waals surface area contributed by atoms with Gasteiger partial charge in [-0.1, -0.05) is 30.3 Å². The van der Waals surface area contributed by atoms with Crippen LogP contribution in [0.15, 0.2) is 30.3 Å². The molecular weight excluding hydrogens is 302 g/mol. The molecule has 1 amide bonds. The molecule has 1 unspecified atom stereocenters. The number of thioether (sulfide) groups is 1. The molecule has 1 aromatic carbocycles. The minimum atomic E-state index is -0.677. The van der Waals surface area contributed by atoms with Crippen LogP contribution in [0, 0.1) is 0 Å². The van der Waals surface area contributed by atoms with Gasteiger partial charge in [-0.05, 0) is 19.4 Å². The summed E-state index contributed by atoms with van der Waals surface area (Å²) in [5, 5.41) is -0.373. The van der Waals surface area contributed by atoms with Crippen LogP contribution < -0.4 is 0 Å². The maximum absolute atomic E-state index is 12.4. The molecule has 2 atom stereocenters. The molecule has 2 aliphatic heterocycles. The number of hydrogen-bond acceptors (Lipinski definition) is 4. The molecule has 1 aromatic rings. The smallest absolute Gasteiger partial charge is 0.388 e. The summed E-state index contributed by atoms with van der Waals surface area (Å²) in [6.07, 6.45) is 0. The number of β-lactam (4-membered cyclic amide) rings is 1. The average molecular weight is 317 g/mol. The van der Waals surface area contributed by atoms with Gasteiger partial charge in [-0.25, -0.2) is 4.79 Å². The molecule has 2 heterocycles. The zero-order chi connectivity index (χ0) is 15.9. The molecule has 114 valence electrons. The van der Waals surface area contributed by atoms with Crippen LogP contribution in [0.3, 0.4) is 0 Å². The fourth-order valence-electron chi connectivity index (χ4n) is 2.76. The van der Waals surface area contributed by atoms with Gasteiger partial charge in [-0.3, -0.25) is 9.69 Å². The van der Waals surface area contributed by atoms with Crippen molar-refractivity contribution < 1.29 is 19.1 Å². The number of carbonyl (C=O) groups is 2. The number of amides is 1. The summed E-state index contributed by atoms with van der Waals surface area (Å²) in [5.41, 5.74) is 9.85. The standard InChI is InChI=1S/C15H15N3O3S/c1-15(2)11(18-12(19)10(17-16)13(18)22-15)14(20)21-8-9-6-4-3-5-7-9/h3-7,11,13H,8H2,1-2H3/t11-,13?/m0/s1. The first kappa shape index (κ1) is 14.8. The van der Waals surface area contributed by atoms with Crippen LogP contribution >= 0.6 is 11.8 Å². The van der Waals surface area contributed by atoms with Gasteiger partial charge in [0.2, 0.25) is 0 Å². The number of carbonyl (C=O) groups excluding carboxylic acids is 2. The van der Waals surface area contributed by atoms with Crippen LogP contribution in [-0.2, 0) is 20.9 Å². The molecule has 2 saturated heterocycles. The lowest BCUT2D eigenvalue weighted by molar-refractivity contribution is -0.159. The molecule has 0 aliphatic carbocycles. The Hall–Kier alpha value is -2.11. The number of ether oxygens (including phenoxy) is 1. The molecule has 2 fully saturated rings. The normalized spacial score (nSPS) is 25.3. The number of hydrogen-bond donors (Lipinski definition) is 0. The van der Waals surface area contributed by atoms with Crippen molar-refractivity contribution in [1.82, 2.24) is 4.90 Å². The van der Waals surface area contributed by atoms with E-state index in [4.69, 9.17) is 10.3 Å². The van der Waals surface area contributed by atoms with E-state index in [9.17, 15) is 9.59 Å². The van der Waals surface area contributed by atoms with Crippen molar-refractivity contribution in [3.8, 4) is 0 Å². The first-order valence-electron chi connectivity index (χ1n) is 6.88. The highest BCUT2D eigenvalue weighted by Gasteiger charge is 2.67. The van der Waals surface area contributed by atoms with E-state index in [1.165, 1.54) is 16.7 Å². The molecule has 2 aliphatic rings. The molecule has 0 N–H and O–H groups in total. The first-order chi connectivity index (χ1) is 10.5. The van der Waals surface area contributed by atoms with Crippen LogP contribution in [0.2, 0.25) is 0 Å². The summed E-state index contributed by atoms with van der Waals surface area (Å²) in [4.78, 5) is 28.9. The molecule has 7 heteroatoms. The minimum Gasteiger partial charge on any atom is -0.459 e. The van der Waals surface area contributed by atoms with Gasteiger partial charge in [-0.2, -0.15) is 4.79 Å². The van der Waals surface area contributed by atoms with Crippen LogP contribution in [0.1, 0.15) is 19.4 Å². The molecule has 0 spiro atoms. The van der Waals surface area contributed by atoms with Crippen LogP contribution in [0.5, 0.6) is 0 Å². The molecule has 6 nitrogen and oxygen atoms in total. The van der Waals surface area contributed by atoms with E-state index >= 15 is 0 Å². The van der Waals surface area contributed by atoms with E-state index in [2.05, 4.69) is 4.79 Å². The van der Waals surface area contributed by atoms with Crippen molar-refractivity contribution in [3.63, 3.8) is 0 Å². The average Bonchev–Trinajstić information content (AvgIpc) is 2.74. The van der Waals surface area contributed by atoms with E-state index in [1.807, 2.05) is 44.2 Å². The maximum atomic E-state index is 12.4. The topological polar surface area (TPSA) is 83.0 Å². The lowest BCUT2D eigenvalue weighted by Crippen LogP contribution is -2.63. The largest absolute Gasteiger partial charge is 0.459 e. The Kier molecular flexibility index (Phi) is 3.54. The predicted octanol–water partition coefficient (Wildman–Crippen LogP) is 1.46. The van der Waals surface area contributed by atoms with Gasteiger partial charge in [0.25, 0.3) is 0 Å². The zero-order valence-electron chi connectivity index (χ0n) is 12.2. The molecule has 0 radical (unpaired) electrons. The second-order valence-electron chi connectivity index (χ2n) is 5.77. The molecular formula is C15H15N3O3S. The van der Waals surface area contributed by atoms with Crippen molar-refractivity contribution >= 4 is 29.4 Å². The quantitative estimate of drug-likeness (QED) is 0.366. The lowest BCUT2D eigenvalue weighted by Gasteiger charge is -2.33. The highest BCUT2D eigenvalue weighted by atomic mass is 32.2. The number of benzene rings is 1. The third kappa shape index (κ3) is 2.23. The Morgan fingerprint density at radius 3 is 2.73 bits per heavy atom. The van der Waals surface area contributed by atoms with E-state index < -0.39 is 22.7 Å². The Bertz CT molecular complexity index is 683. The van der Waals surface area contributed by atoms with E-state index in [0.717, 1.165) is 5.56 Å². The minimum absolute atomic E-state index is 0.0939. The molecule has 0 saturated carbocycles. The Labute approximate surface area is 132 Å². The predicted molar refractivity (Wildman–Crippen MR) is 81.0 cm³/mol. The van der Waals surface area contributed by atoms with Gasteiger partial charge in [0.15, 0.2) is 5.37 Å². The summed E-state index contributed by atoms with van der Waals surface area (Å²) in [7, 11) is 0. The zero-order valence-corrected chi connectivity index (χ0v) is 13.0. The number of nitrogens with zero attached hydrogens (tertiary/aromatic N) is 3. The van der Waals surface area contributed by atoms with E-state index in [1.54, 1.807) is 0 Å². The van der Waals surface area contributed by atoms with Gasteiger partial charge in [0, 0.05) is 4.75 Å². The molecule has 0 bridgehead atoms. The van der Waals surface area contributed by atoms with Crippen LogP contribution in [-0.4, -0.2) is 43.4 Å². The second-order valence-corrected chi connectivity index (χ2v) is 7.50. The molecule has 22 heavy (non-hydrogen) atoms. The van der Waals surface area contributed by atoms with Crippen molar-refractivity contribution in [1.29, 1.82) is 0 Å². The fraction of sp³-hybridized carbons (Fsp3) is 0.400. The van der Waals surface area contributed by atoms with Gasteiger partial charge in [0.1, 0.15) is 12.6 Å². The van der Waals surface area contributed by atoms with Crippen molar-refractivity contribution in [2.75, 3.05) is 0 Å². The van der Waals surface area contributed by atoms with Gasteiger partial charge >= 0.3 is 17.6 Å². The summed E-state index contributed by atoms with van der Waals surface area (Å²) < 4.78 is 4.87. The van der Waals surface area contributed by atoms with Crippen molar-refractivity contribution in [2.24, 2.45) is 0 Å². The molecule has 3 rings (SSSR count). The number of rotatable bonds is 3. The Morgan fingerprint density at radius 1 is 1.41 bits per heavy atom. The van der Waals surface area contributed by atoms with Gasteiger partial charge in [0.05, 0.1) is 0 Å². The Balaban J connectivity index is 1.74. The highest BCUT2D eigenvalue weighted by molar-refractivity contribution is 8.02. The van der Waals surface area contributed by atoms with Crippen molar-refractivity contribution in [3.05, 3.63) is 41.4 Å². The summed E-state index contributed by atoms with van der Waals surface area (Å²) in [5.74, 6) is -0.846. The lowest BCUT2D eigenvalue weighted by atomic mass is 9.97. The van der Waals surface area contributed by atoms with Gasteiger partial charge in [-0.15, -0.1) is 11.8 Å². The van der Waals surface area contributed by atoms with E-state index in [-0.39, 0.29) is 17.7 Å². The summed E-state index contributed by atoms with van der Waals surface area (Å²) in [6, 6.07) is 8.70. The number of fused-ring (bicyclic) bond motifs is 1. The van der Waals surface area contributed by atoms with Crippen molar-refractivity contribution in [2.45, 2.75) is 36.6 Å². The van der Waals surface area contributed by atoms with E-state index in [0.29, 0.717) is 0 Å². The monoisotopic (exact) mass is 317 g/mol. The summed E-state index contributed by atoms with van der Waals surface area (Å²) >= 11 is 1.43. The number of esters is 1. The SMILES string of the molecule is CC1(C)SC2C(=[N+]=[N-])C(=O)N2[C@H]1C(=O)OCc1ccccc1. The first-order valence-corrected chi connectivity index (χ1v) is 7.76. The third-order valence-corrected chi connectivity index (χ3v) is 5.35. The maximum Gasteiger partial charge on any atom is 0.388 e. The summed E-state index contributed by atoms with van der Waals surface area (Å²) in [6.45, 7) is 3.93. The highest BCUT2D eigenvalue weighted by Crippen LogP contribution is 2.49. The third-order valence-electron chi connectivity index (χ3n) is 3.85. The van der Waals surface area contributed by atoms with Crippen LogP contribution in [0.4, 0.5) is 0 Å².